The smallest absolute Gasteiger partial charge is 0.0274 e. The van der Waals surface area contributed by atoms with Crippen molar-refractivity contribution in [2.75, 3.05) is 6.54 Å². The van der Waals surface area contributed by atoms with Gasteiger partial charge in [-0.15, -0.1) is 0 Å². The summed E-state index contributed by atoms with van der Waals surface area (Å²) in [4.78, 5) is 0. The standard InChI is InChI=1S/C16H25N/c1-4-13-17-16(14(2)3)12-8-11-15-9-6-5-7-10-15/h5-7,9-10,16-17H,2,4,8,11-13H2,1,3H3. The third-order valence-electron chi connectivity index (χ3n) is 3.04. The predicted molar refractivity (Wildman–Crippen MR) is 76.3 cm³/mol. The van der Waals surface area contributed by atoms with Crippen molar-refractivity contribution in [2.24, 2.45) is 0 Å². The van der Waals surface area contributed by atoms with Crippen LogP contribution in [0.4, 0.5) is 0 Å². The van der Waals surface area contributed by atoms with Gasteiger partial charge in [0.15, 0.2) is 0 Å². The van der Waals surface area contributed by atoms with E-state index in [9.17, 15) is 0 Å². The van der Waals surface area contributed by atoms with Gasteiger partial charge in [-0.05, 0) is 44.7 Å². The van der Waals surface area contributed by atoms with Crippen LogP contribution in [-0.2, 0) is 6.42 Å². The molecule has 17 heavy (non-hydrogen) atoms. The summed E-state index contributed by atoms with van der Waals surface area (Å²) in [5.41, 5.74) is 2.69. The van der Waals surface area contributed by atoms with Gasteiger partial charge in [-0.25, -0.2) is 0 Å². The van der Waals surface area contributed by atoms with E-state index in [-0.39, 0.29) is 0 Å². The highest BCUT2D eigenvalue weighted by molar-refractivity contribution is 5.14. The molecule has 0 saturated carbocycles. The van der Waals surface area contributed by atoms with E-state index < -0.39 is 0 Å². The zero-order valence-corrected chi connectivity index (χ0v) is 11.2. The average Bonchev–Trinajstić information content (AvgIpc) is 2.34. The summed E-state index contributed by atoms with van der Waals surface area (Å²) >= 11 is 0. The Morgan fingerprint density at radius 1 is 1.29 bits per heavy atom. The fourth-order valence-corrected chi connectivity index (χ4v) is 2.00. The Morgan fingerprint density at radius 2 is 2.00 bits per heavy atom. The molecule has 1 atom stereocenters. The maximum atomic E-state index is 4.07. The second-order valence-corrected chi connectivity index (χ2v) is 4.73. The van der Waals surface area contributed by atoms with E-state index in [1.807, 2.05) is 0 Å². The highest BCUT2D eigenvalue weighted by atomic mass is 14.9. The summed E-state index contributed by atoms with van der Waals surface area (Å²) in [7, 11) is 0. The average molecular weight is 231 g/mol. The fourth-order valence-electron chi connectivity index (χ4n) is 2.00. The molecule has 0 bridgehead atoms. The molecule has 0 radical (unpaired) electrons. The predicted octanol–water partition coefficient (Wildman–Crippen LogP) is 3.95. The molecule has 0 amide bonds. The Hall–Kier alpha value is -1.08. The van der Waals surface area contributed by atoms with Crippen LogP contribution in [0.2, 0.25) is 0 Å². The monoisotopic (exact) mass is 231 g/mol. The molecule has 0 aliphatic heterocycles. The summed E-state index contributed by atoms with van der Waals surface area (Å²) in [6.07, 6.45) is 4.75. The Labute approximate surface area is 106 Å². The molecule has 0 aliphatic carbocycles. The van der Waals surface area contributed by atoms with Crippen LogP contribution in [0.3, 0.4) is 0 Å². The van der Waals surface area contributed by atoms with Crippen LogP contribution in [0.5, 0.6) is 0 Å². The Kier molecular flexibility index (Phi) is 6.64. The minimum atomic E-state index is 0.485. The molecule has 1 unspecified atom stereocenters. The first-order valence-corrected chi connectivity index (χ1v) is 6.66. The zero-order valence-electron chi connectivity index (χ0n) is 11.2. The molecule has 0 aromatic heterocycles. The van der Waals surface area contributed by atoms with Gasteiger partial charge >= 0.3 is 0 Å². The van der Waals surface area contributed by atoms with Crippen LogP contribution >= 0.6 is 0 Å². The summed E-state index contributed by atoms with van der Waals surface area (Å²) in [6.45, 7) is 9.48. The van der Waals surface area contributed by atoms with Crippen molar-refractivity contribution in [3.05, 3.63) is 48.0 Å². The Bertz CT molecular complexity index is 316. The second kappa shape index (κ2) is 8.08. The molecule has 1 nitrogen and oxygen atoms in total. The van der Waals surface area contributed by atoms with Crippen molar-refractivity contribution in [3.8, 4) is 0 Å². The first-order chi connectivity index (χ1) is 8.24. The van der Waals surface area contributed by atoms with Crippen molar-refractivity contribution in [3.63, 3.8) is 0 Å². The maximum absolute atomic E-state index is 4.07. The number of hydrogen-bond acceptors (Lipinski definition) is 1. The number of benzene rings is 1. The van der Waals surface area contributed by atoms with Gasteiger partial charge in [0.05, 0.1) is 0 Å². The summed E-state index contributed by atoms with van der Waals surface area (Å²) in [5.74, 6) is 0. The Morgan fingerprint density at radius 3 is 2.59 bits per heavy atom. The van der Waals surface area contributed by atoms with E-state index in [1.165, 1.54) is 36.8 Å². The first-order valence-electron chi connectivity index (χ1n) is 6.66. The van der Waals surface area contributed by atoms with Gasteiger partial charge in [-0.2, -0.15) is 0 Å². The summed E-state index contributed by atoms with van der Waals surface area (Å²) < 4.78 is 0. The molecule has 1 heteroatoms. The SMILES string of the molecule is C=C(C)C(CCCc1ccccc1)NCCC. The number of hydrogen-bond donors (Lipinski definition) is 1. The minimum Gasteiger partial charge on any atom is -0.310 e. The number of aryl methyl sites for hydroxylation is 1. The Balaban J connectivity index is 2.29. The fraction of sp³-hybridized carbons (Fsp3) is 0.500. The van der Waals surface area contributed by atoms with E-state index in [4.69, 9.17) is 0 Å². The summed E-state index contributed by atoms with van der Waals surface area (Å²) in [5, 5.41) is 3.56. The van der Waals surface area contributed by atoms with Gasteiger partial charge in [0.1, 0.15) is 0 Å². The van der Waals surface area contributed by atoms with E-state index in [0.29, 0.717) is 6.04 Å². The van der Waals surface area contributed by atoms with Crippen molar-refractivity contribution in [1.82, 2.24) is 5.32 Å². The topological polar surface area (TPSA) is 12.0 Å². The summed E-state index contributed by atoms with van der Waals surface area (Å²) in [6, 6.07) is 11.2. The highest BCUT2D eigenvalue weighted by Gasteiger charge is 2.07. The van der Waals surface area contributed by atoms with Crippen LogP contribution < -0.4 is 5.32 Å². The zero-order chi connectivity index (χ0) is 12.5. The molecule has 1 N–H and O–H groups in total. The number of rotatable bonds is 8. The van der Waals surface area contributed by atoms with Gasteiger partial charge in [0.2, 0.25) is 0 Å². The van der Waals surface area contributed by atoms with Gasteiger partial charge in [0.25, 0.3) is 0 Å². The van der Waals surface area contributed by atoms with Crippen LogP contribution in [0.15, 0.2) is 42.5 Å². The van der Waals surface area contributed by atoms with Crippen LogP contribution in [0, 0.1) is 0 Å². The van der Waals surface area contributed by atoms with Gasteiger partial charge in [-0.1, -0.05) is 49.4 Å². The lowest BCUT2D eigenvalue weighted by molar-refractivity contribution is 0.517. The van der Waals surface area contributed by atoms with Crippen molar-refractivity contribution < 1.29 is 0 Å². The third-order valence-corrected chi connectivity index (χ3v) is 3.04. The van der Waals surface area contributed by atoms with E-state index in [2.05, 4.69) is 56.1 Å². The first kappa shape index (κ1) is 14.0. The quantitative estimate of drug-likeness (QED) is 0.668. The van der Waals surface area contributed by atoms with Crippen molar-refractivity contribution in [1.29, 1.82) is 0 Å². The second-order valence-electron chi connectivity index (χ2n) is 4.73. The third kappa shape index (κ3) is 5.69. The van der Waals surface area contributed by atoms with E-state index in [1.54, 1.807) is 0 Å². The molecule has 0 heterocycles. The minimum absolute atomic E-state index is 0.485. The molecule has 0 spiro atoms. The molecule has 0 fully saturated rings. The molecule has 0 saturated heterocycles. The molecule has 1 aromatic carbocycles. The molecule has 1 aromatic rings. The van der Waals surface area contributed by atoms with Crippen LogP contribution in [0.25, 0.3) is 0 Å². The normalized spacial score (nSPS) is 12.4. The maximum Gasteiger partial charge on any atom is 0.0274 e. The molecule has 94 valence electrons. The van der Waals surface area contributed by atoms with Crippen LogP contribution in [-0.4, -0.2) is 12.6 Å². The van der Waals surface area contributed by atoms with Crippen LogP contribution in [0.1, 0.15) is 38.7 Å². The van der Waals surface area contributed by atoms with E-state index >= 15 is 0 Å². The lowest BCUT2D eigenvalue weighted by Gasteiger charge is -2.18. The number of nitrogens with one attached hydrogen (secondary N) is 1. The van der Waals surface area contributed by atoms with Crippen molar-refractivity contribution in [2.45, 2.75) is 45.6 Å². The molecular formula is C16H25N. The lowest BCUT2D eigenvalue weighted by Crippen LogP contribution is -2.30. The van der Waals surface area contributed by atoms with Gasteiger partial charge in [0, 0.05) is 6.04 Å². The largest absolute Gasteiger partial charge is 0.310 e. The molecule has 1 rings (SSSR count). The van der Waals surface area contributed by atoms with Crippen molar-refractivity contribution >= 4 is 0 Å². The molecular weight excluding hydrogens is 206 g/mol. The molecule has 0 aliphatic rings. The van der Waals surface area contributed by atoms with Gasteiger partial charge in [-0.3, -0.25) is 0 Å². The van der Waals surface area contributed by atoms with Gasteiger partial charge < -0.3 is 5.32 Å². The highest BCUT2D eigenvalue weighted by Crippen LogP contribution is 2.10. The lowest BCUT2D eigenvalue weighted by atomic mass is 10.0. The van der Waals surface area contributed by atoms with E-state index in [0.717, 1.165) is 6.54 Å².